The number of rotatable bonds is 2. The molecule has 16 heavy (non-hydrogen) atoms. The van der Waals surface area contributed by atoms with E-state index < -0.39 is 0 Å². The Morgan fingerprint density at radius 3 is 2.94 bits per heavy atom. The molecule has 0 radical (unpaired) electrons. The van der Waals surface area contributed by atoms with Gasteiger partial charge in [-0.3, -0.25) is 0 Å². The Kier molecular flexibility index (Phi) is 2.51. The van der Waals surface area contributed by atoms with Crippen LogP contribution in [0.3, 0.4) is 0 Å². The van der Waals surface area contributed by atoms with E-state index in [1.807, 2.05) is 6.20 Å². The monoisotopic (exact) mass is 220 g/mol. The zero-order valence-electron chi connectivity index (χ0n) is 9.98. The Labute approximate surface area is 96.8 Å². The first kappa shape index (κ1) is 10.3. The highest BCUT2D eigenvalue weighted by molar-refractivity contribution is 4.95. The third-order valence-corrected chi connectivity index (χ3v) is 4.18. The first-order chi connectivity index (χ1) is 7.77. The molecule has 1 atom stereocenters. The van der Waals surface area contributed by atoms with Crippen molar-refractivity contribution in [3.05, 3.63) is 18.2 Å². The van der Waals surface area contributed by atoms with Crippen LogP contribution in [0.25, 0.3) is 0 Å². The van der Waals surface area contributed by atoms with E-state index >= 15 is 0 Å². The van der Waals surface area contributed by atoms with Crippen molar-refractivity contribution in [3.8, 4) is 0 Å². The largest absolute Gasteiger partial charge is 0.370 e. The summed E-state index contributed by atoms with van der Waals surface area (Å²) in [6.45, 7) is 3.04. The van der Waals surface area contributed by atoms with Crippen molar-refractivity contribution in [3.63, 3.8) is 0 Å². The van der Waals surface area contributed by atoms with Gasteiger partial charge in [0.2, 0.25) is 0 Å². The van der Waals surface area contributed by atoms with E-state index in [0.717, 1.165) is 12.4 Å². The SMILES string of the molecule is Cc1nccn1CC1CCC2(CCCC2)O1. The molecule has 1 aliphatic carbocycles. The van der Waals surface area contributed by atoms with Crippen molar-refractivity contribution in [1.29, 1.82) is 0 Å². The zero-order chi connectivity index (χ0) is 11.0. The molecule has 2 aliphatic rings. The highest BCUT2D eigenvalue weighted by Gasteiger charge is 2.42. The Bertz CT molecular complexity index is 366. The fraction of sp³-hybridized carbons (Fsp3) is 0.769. The molecule has 1 spiro atoms. The molecule has 1 aromatic rings. The quantitative estimate of drug-likeness (QED) is 0.766. The van der Waals surface area contributed by atoms with Crippen LogP contribution in [-0.4, -0.2) is 21.3 Å². The summed E-state index contributed by atoms with van der Waals surface area (Å²) >= 11 is 0. The van der Waals surface area contributed by atoms with Crippen LogP contribution in [0.4, 0.5) is 0 Å². The summed E-state index contributed by atoms with van der Waals surface area (Å²) in [5, 5.41) is 0. The summed E-state index contributed by atoms with van der Waals surface area (Å²) in [4.78, 5) is 4.26. The van der Waals surface area contributed by atoms with Crippen molar-refractivity contribution in [2.45, 2.75) is 63.7 Å². The van der Waals surface area contributed by atoms with Crippen molar-refractivity contribution in [1.82, 2.24) is 9.55 Å². The molecule has 88 valence electrons. The molecule has 1 saturated carbocycles. The van der Waals surface area contributed by atoms with Gasteiger partial charge in [-0.05, 0) is 32.6 Å². The number of hydrogen-bond donors (Lipinski definition) is 0. The van der Waals surface area contributed by atoms with E-state index in [9.17, 15) is 0 Å². The molecule has 0 bridgehead atoms. The van der Waals surface area contributed by atoms with Gasteiger partial charge >= 0.3 is 0 Å². The number of ether oxygens (including phenoxy) is 1. The summed E-state index contributed by atoms with van der Waals surface area (Å²) < 4.78 is 8.50. The van der Waals surface area contributed by atoms with E-state index in [4.69, 9.17) is 4.74 Å². The summed E-state index contributed by atoms with van der Waals surface area (Å²) in [6, 6.07) is 0. The lowest BCUT2D eigenvalue weighted by Gasteiger charge is -2.24. The van der Waals surface area contributed by atoms with Gasteiger partial charge in [0, 0.05) is 12.4 Å². The average molecular weight is 220 g/mol. The first-order valence-electron chi connectivity index (χ1n) is 6.43. The number of aromatic nitrogens is 2. The van der Waals surface area contributed by atoms with Crippen LogP contribution in [0, 0.1) is 6.92 Å². The maximum Gasteiger partial charge on any atom is 0.105 e. The van der Waals surface area contributed by atoms with Crippen LogP contribution in [0.2, 0.25) is 0 Å². The molecular weight excluding hydrogens is 200 g/mol. The molecule has 0 aromatic carbocycles. The van der Waals surface area contributed by atoms with Gasteiger partial charge in [0.1, 0.15) is 5.82 Å². The van der Waals surface area contributed by atoms with E-state index in [-0.39, 0.29) is 5.60 Å². The van der Waals surface area contributed by atoms with Crippen molar-refractivity contribution in [2.24, 2.45) is 0 Å². The molecule has 1 aliphatic heterocycles. The van der Waals surface area contributed by atoms with Crippen LogP contribution < -0.4 is 0 Å². The molecule has 1 unspecified atom stereocenters. The van der Waals surface area contributed by atoms with E-state index in [1.165, 1.54) is 38.5 Å². The zero-order valence-corrected chi connectivity index (χ0v) is 9.98. The van der Waals surface area contributed by atoms with Crippen molar-refractivity contribution >= 4 is 0 Å². The fourth-order valence-electron chi connectivity index (χ4n) is 3.23. The normalized spacial score (nSPS) is 27.9. The Hall–Kier alpha value is -0.830. The maximum atomic E-state index is 6.29. The Morgan fingerprint density at radius 2 is 2.25 bits per heavy atom. The van der Waals surface area contributed by atoms with Gasteiger partial charge in [-0.1, -0.05) is 12.8 Å². The number of aryl methyl sites for hydroxylation is 1. The van der Waals surface area contributed by atoms with Crippen molar-refractivity contribution < 1.29 is 4.74 Å². The topological polar surface area (TPSA) is 27.1 Å². The summed E-state index contributed by atoms with van der Waals surface area (Å²) in [5.74, 6) is 1.09. The van der Waals surface area contributed by atoms with Gasteiger partial charge in [-0.25, -0.2) is 4.98 Å². The average Bonchev–Trinajstić information content (AvgIpc) is 2.96. The molecular formula is C13H20N2O. The number of hydrogen-bond acceptors (Lipinski definition) is 2. The summed E-state index contributed by atoms with van der Waals surface area (Å²) in [5.41, 5.74) is 0.263. The maximum absolute atomic E-state index is 6.29. The van der Waals surface area contributed by atoms with Gasteiger partial charge in [0.15, 0.2) is 0 Å². The van der Waals surface area contributed by atoms with E-state index in [1.54, 1.807) is 0 Å². The van der Waals surface area contributed by atoms with Crippen LogP contribution in [0.15, 0.2) is 12.4 Å². The summed E-state index contributed by atoms with van der Waals surface area (Å²) in [7, 11) is 0. The summed E-state index contributed by atoms with van der Waals surface area (Å²) in [6.07, 6.45) is 12.1. The second-order valence-corrected chi connectivity index (χ2v) is 5.30. The molecule has 1 saturated heterocycles. The Morgan fingerprint density at radius 1 is 1.44 bits per heavy atom. The minimum atomic E-state index is 0.263. The second kappa shape index (κ2) is 3.88. The van der Waals surface area contributed by atoms with E-state index in [2.05, 4.69) is 22.7 Å². The molecule has 2 heterocycles. The van der Waals surface area contributed by atoms with Crippen LogP contribution in [0.1, 0.15) is 44.3 Å². The predicted octanol–water partition coefficient (Wildman–Crippen LogP) is 2.68. The van der Waals surface area contributed by atoms with Gasteiger partial charge < -0.3 is 9.30 Å². The predicted molar refractivity (Wildman–Crippen MR) is 62.3 cm³/mol. The first-order valence-corrected chi connectivity index (χ1v) is 6.43. The lowest BCUT2D eigenvalue weighted by Crippen LogP contribution is -2.26. The highest BCUT2D eigenvalue weighted by atomic mass is 16.5. The lowest BCUT2D eigenvalue weighted by molar-refractivity contribution is -0.0419. The van der Waals surface area contributed by atoms with Gasteiger partial charge in [0.05, 0.1) is 18.2 Å². The molecule has 3 heteroatoms. The Balaban J connectivity index is 1.64. The molecule has 0 amide bonds. The van der Waals surface area contributed by atoms with Gasteiger partial charge in [-0.15, -0.1) is 0 Å². The molecule has 0 N–H and O–H groups in total. The molecule has 1 aromatic heterocycles. The number of imidazole rings is 1. The minimum Gasteiger partial charge on any atom is -0.370 e. The lowest BCUT2D eigenvalue weighted by atomic mass is 9.98. The smallest absolute Gasteiger partial charge is 0.105 e. The number of nitrogens with zero attached hydrogens (tertiary/aromatic N) is 2. The molecule has 2 fully saturated rings. The minimum absolute atomic E-state index is 0.263. The molecule has 3 nitrogen and oxygen atoms in total. The fourth-order valence-corrected chi connectivity index (χ4v) is 3.23. The van der Waals surface area contributed by atoms with Crippen molar-refractivity contribution in [2.75, 3.05) is 0 Å². The van der Waals surface area contributed by atoms with Gasteiger partial charge in [0.25, 0.3) is 0 Å². The van der Waals surface area contributed by atoms with Crippen LogP contribution >= 0.6 is 0 Å². The van der Waals surface area contributed by atoms with Gasteiger partial charge in [-0.2, -0.15) is 0 Å². The standard InChI is InChI=1S/C13H20N2O/c1-11-14-8-9-15(11)10-12-4-7-13(16-12)5-2-3-6-13/h8-9,12H,2-7,10H2,1H3. The third-order valence-electron chi connectivity index (χ3n) is 4.18. The van der Waals surface area contributed by atoms with E-state index in [0.29, 0.717) is 6.10 Å². The van der Waals surface area contributed by atoms with Crippen LogP contribution in [-0.2, 0) is 11.3 Å². The third kappa shape index (κ3) is 1.77. The second-order valence-electron chi connectivity index (χ2n) is 5.30. The molecule has 3 rings (SSSR count). The van der Waals surface area contributed by atoms with Crippen LogP contribution in [0.5, 0.6) is 0 Å². The highest BCUT2D eigenvalue weighted by Crippen LogP contribution is 2.43.